The van der Waals surface area contributed by atoms with Gasteiger partial charge in [-0.25, -0.2) is 19.4 Å². The van der Waals surface area contributed by atoms with Crippen molar-refractivity contribution >= 4 is 17.5 Å². The maximum absolute atomic E-state index is 13.2. The van der Waals surface area contributed by atoms with Crippen molar-refractivity contribution in [2.45, 2.75) is 19.5 Å². The summed E-state index contributed by atoms with van der Waals surface area (Å²) in [5.74, 6) is -0.837. The monoisotopic (exact) mass is 423 g/mol. The number of aryl methyl sites for hydroxylation is 1. The number of hydrogen-bond acceptors (Lipinski definition) is 7. The number of aromatic amines is 1. The Bertz CT molecular complexity index is 1330. The minimum atomic E-state index is -2.07. The number of rotatable bonds is 5. The van der Waals surface area contributed by atoms with E-state index in [9.17, 15) is 24.5 Å². The van der Waals surface area contributed by atoms with Gasteiger partial charge in [-0.3, -0.25) is 15.1 Å². The van der Waals surface area contributed by atoms with Gasteiger partial charge in [0.15, 0.2) is 5.84 Å². The van der Waals surface area contributed by atoms with Gasteiger partial charge in [0, 0.05) is 23.3 Å². The molecule has 11 nitrogen and oxygen atoms in total. The number of hydrogen-bond donors (Lipinski definition) is 1. The molecule has 0 aliphatic carbocycles. The zero-order valence-electron chi connectivity index (χ0n) is 16.6. The van der Waals surface area contributed by atoms with Crippen LogP contribution in [-0.4, -0.2) is 37.7 Å². The summed E-state index contributed by atoms with van der Waals surface area (Å²) < 4.78 is 7.07. The van der Waals surface area contributed by atoms with Gasteiger partial charge in [-0.1, -0.05) is 29.8 Å². The van der Waals surface area contributed by atoms with E-state index in [1.807, 2.05) is 6.92 Å². The number of nitrogens with zero attached hydrogens (tertiary/aromatic N) is 4. The highest BCUT2D eigenvalue weighted by Gasteiger charge is 2.52. The normalized spacial score (nSPS) is 17.2. The Balaban J connectivity index is 2.05. The molecule has 1 aliphatic heterocycles. The van der Waals surface area contributed by atoms with Crippen LogP contribution in [-0.2, 0) is 15.2 Å². The van der Waals surface area contributed by atoms with Crippen molar-refractivity contribution in [2.75, 3.05) is 6.61 Å². The number of esters is 1. The molecule has 1 N–H and O–H groups in total. The predicted octanol–water partition coefficient (Wildman–Crippen LogP) is 1.13. The smallest absolute Gasteiger partial charge is 0.362 e. The molecule has 3 aromatic rings. The first kappa shape index (κ1) is 20.0. The molecule has 1 unspecified atom stereocenters. The molecule has 0 fully saturated rings. The number of ether oxygens (including phenoxy) is 1. The molecule has 2 aromatic carbocycles. The Labute approximate surface area is 174 Å². The van der Waals surface area contributed by atoms with Crippen LogP contribution in [0.25, 0.3) is 0 Å². The first-order chi connectivity index (χ1) is 14.8. The van der Waals surface area contributed by atoms with Gasteiger partial charge in [-0.15, -0.1) is 0 Å². The molecule has 2 heterocycles. The highest BCUT2D eigenvalue weighted by molar-refractivity contribution is 6.03. The van der Waals surface area contributed by atoms with Crippen molar-refractivity contribution in [2.24, 2.45) is 4.99 Å². The van der Waals surface area contributed by atoms with Crippen LogP contribution in [0, 0.1) is 17.0 Å². The zero-order chi connectivity index (χ0) is 22.3. The van der Waals surface area contributed by atoms with E-state index < -0.39 is 27.9 Å². The van der Waals surface area contributed by atoms with Crippen LogP contribution >= 0.6 is 0 Å². The number of carbonyl (C=O) groups is 1. The van der Waals surface area contributed by atoms with Crippen molar-refractivity contribution in [1.82, 2.24) is 14.3 Å². The fraction of sp³-hybridized carbons (Fsp3) is 0.200. The highest BCUT2D eigenvalue weighted by atomic mass is 16.6. The number of carbonyl (C=O) groups excluding carboxylic acids is 1. The Kier molecular flexibility index (Phi) is 4.65. The minimum Gasteiger partial charge on any atom is -0.462 e. The summed E-state index contributed by atoms with van der Waals surface area (Å²) in [7, 11) is 0. The van der Waals surface area contributed by atoms with Crippen molar-refractivity contribution in [3.05, 3.63) is 96.3 Å². The molecule has 11 heteroatoms. The molecule has 0 spiro atoms. The third-order valence-corrected chi connectivity index (χ3v) is 4.92. The molecule has 158 valence electrons. The van der Waals surface area contributed by atoms with E-state index in [4.69, 9.17) is 4.74 Å². The topological polar surface area (TPSA) is 142 Å². The molecule has 0 saturated heterocycles. The fourth-order valence-corrected chi connectivity index (χ4v) is 3.48. The second-order valence-electron chi connectivity index (χ2n) is 6.86. The predicted molar refractivity (Wildman–Crippen MR) is 109 cm³/mol. The lowest BCUT2D eigenvalue weighted by Crippen LogP contribution is -2.47. The lowest BCUT2D eigenvalue weighted by molar-refractivity contribution is -0.384. The maximum atomic E-state index is 13.2. The lowest BCUT2D eigenvalue weighted by atomic mass is 9.99. The number of nitro benzene ring substituents is 1. The number of non-ortho nitro benzene ring substituents is 1. The molecule has 1 aliphatic rings. The molecule has 1 aromatic heterocycles. The van der Waals surface area contributed by atoms with E-state index in [0.717, 1.165) is 14.9 Å². The summed E-state index contributed by atoms with van der Waals surface area (Å²) in [4.78, 5) is 55.6. The van der Waals surface area contributed by atoms with Crippen LogP contribution in [0.5, 0.6) is 0 Å². The third-order valence-electron chi connectivity index (χ3n) is 4.92. The fourth-order valence-electron chi connectivity index (χ4n) is 3.48. The van der Waals surface area contributed by atoms with Crippen molar-refractivity contribution < 1.29 is 14.5 Å². The van der Waals surface area contributed by atoms with Crippen LogP contribution in [0.15, 0.2) is 63.1 Å². The Morgan fingerprint density at radius 3 is 2.35 bits per heavy atom. The summed E-state index contributed by atoms with van der Waals surface area (Å²) >= 11 is 0. The van der Waals surface area contributed by atoms with Gasteiger partial charge in [0.2, 0.25) is 0 Å². The molecule has 0 bridgehead atoms. The maximum Gasteiger partial charge on any atom is 0.362 e. The second-order valence-corrected chi connectivity index (χ2v) is 6.86. The number of aromatic nitrogens is 3. The van der Waals surface area contributed by atoms with Gasteiger partial charge >= 0.3 is 17.3 Å². The van der Waals surface area contributed by atoms with Crippen molar-refractivity contribution in [3.63, 3.8) is 0 Å². The SMILES string of the molecule is CCOC(=O)C1(c2ccc([N+](=O)[O-])cc2)N=C(c2ccc(C)cc2)n2c(=O)[nH]c(=O)n21. The van der Waals surface area contributed by atoms with E-state index >= 15 is 0 Å². The van der Waals surface area contributed by atoms with Crippen molar-refractivity contribution in [3.8, 4) is 0 Å². The van der Waals surface area contributed by atoms with Gasteiger partial charge < -0.3 is 4.74 Å². The van der Waals surface area contributed by atoms with Gasteiger partial charge in [-0.2, -0.15) is 9.36 Å². The zero-order valence-corrected chi connectivity index (χ0v) is 16.6. The largest absolute Gasteiger partial charge is 0.462 e. The number of benzene rings is 2. The van der Waals surface area contributed by atoms with Crippen LogP contribution in [0.1, 0.15) is 23.6 Å². The average molecular weight is 423 g/mol. The van der Waals surface area contributed by atoms with Crippen LogP contribution in [0.4, 0.5) is 5.69 Å². The first-order valence-corrected chi connectivity index (χ1v) is 9.34. The van der Waals surface area contributed by atoms with Gasteiger partial charge in [0.05, 0.1) is 11.5 Å². The van der Waals surface area contributed by atoms with Crippen LogP contribution < -0.4 is 11.4 Å². The molecular weight excluding hydrogens is 406 g/mol. The minimum absolute atomic E-state index is 0.00758. The lowest BCUT2D eigenvalue weighted by Gasteiger charge is -2.24. The van der Waals surface area contributed by atoms with E-state index in [1.165, 1.54) is 24.3 Å². The number of nitro groups is 1. The molecule has 0 radical (unpaired) electrons. The number of fused-ring (bicyclic) bond motifs is 1. The summed E-state index contributed by atoms with van der Waals surface area (Å²) in [5, 5.41) is 11.1. The Hall–Kier alpha value is -4.28. The number of H-pyrrole nitrogens is 1. The Morgan fingerprint density at radius 2 is 1.77 bits per heavy atom. The molecule has 0 amide bonds. The van der Waals surface area contributed by atoms with E-state index in [2.05, 4.69) is 9.98 Å². The molecule has 31 heavy (non-hydrogen) atoms. The summed E-state index contributed by atoms with van der Waals surface area (Å²) in [5.41, 5.74) is -2.33. The van der Waals surface area contributed by atoms with Crippen LogP contribution in [0.2, 0.25) is 0 Å². The molecule has 1 atom stereocenters. The summed E-state index contributed by atoms with van der Waals surface area (Å²) in [6.45, 7) is 3.47. The van der Waals surface area contributed by atoms with Crippen LogP contribution in [0.3, 0.4) is 0 Å². The van der Waals surface area contributed by atoms with E-state index in [0.29, 0.717) is 5.56 Å². The molecule has 0 saturated carbocycles. The van der Waals surface area contributed by atoms with E-state index in [-0.39, 0.29) is 23.7 Å². The Morgan fingerprint density at radius 1 is 1.13 bits per heavy atom. The first-order valence-electron chi connectivity index (χ1n) is 9.34. The van der Waals surface area contributed by atoms with E-state index in [1.54, 1.807) is 31.2 Å². The third kappa shape index (κ3) is 2.98. The summed E-state index contributed by atoms with van der Waals surface area (Å²) in [6, 6.07) is 12.0. The quantitative estimate of drug-likeness (QED) is 0.370. The number of aliphatic imine (C=N–C) groups is 1. The standard InChI is InChI=1S/C20H17N5O6/c1-3-31-17(26)20(14-8-10-15(11-9-14)25(29)30)22-16(13-6-4-12(2)5-7-13)23-18(27)21-19(28)24(20)23/h4-11H,3H2,1-2H3,(H,21,27,28). The van der Waals surface area contributed by atoms with Gasteiger partial charge in [0.1, 0.15) is 0 Å². The van der Waals surface area contributed by atoms with Crippen molar-refractivity contribution in [1.29, 1.82) is 0 Å². The molecular formula is C20H17N5O6. The molecule has 4 rings (SSSR count). The summed E-state index contributed by atoms with van der Waals surface area (Å²) in [6.07, 6.45) is 0. The van der Waals surface area contributed by atoms with Gasteiger partial charge in [-0.05, 0) is 26.0 Å². The number of nitrogens with one attached hydrogen (secondary N) is 1. The average Bonchev–Trinajstić information content (AvgIpc) is 3.26. The highest BCUT2D eigenvalue weighted by Crippen LogP contribution is 2.34. The second kappa shape index (κ2) is 7.20. The van der Waals surface area contributed by atoms with Gasteiger partial charge in [0.25, 0.3) is 11.4 Å².